The van der Waals surface area contributed by atoms with Crippen molar-refractivity contribution in [3.8, 4) is 0 Å². The van der Waals surface area contributed by atoms with Gasteiger partial charge in [0.15, 0.2) is 0 Å². The summed E-state index contributed by atoms with van der Waals surface area (Å²) in [7, 11) is 0. The van der Waals surface area contributed by atoms with Gasteiger partial charge in [0.1, 0.15) is 0 Å². The Morgan fingerprint density at radius 3 is 2.68 bits per heavy atom. The maximum atomic E-state index is 12.9. The normalized spacial score (nSPS) is 26.2. The first-order valence-corrected chi connectivity index (χ1v) is 9.40. The maximum Gasteiger partial charge on any atom is 0.240 e. The number of likely N-dealkylation sites (tertiary alicyclic amines) is 2. The highest BCUT2D eigenvalue weighted by Crippen LogP contribution is 2.40. The molecule has 2 aliphatic heterocycles. The van der Waals surface area contributed by atoms with E-state index in [1.165, 1.54) is 0 Å². The molecule has 0 bridgehead atoms. The molecule has 0 spiro atoms. The van der Waals surface area contributed by atoms with Crippen LogP contribution in [0.3, 0.4) is 0 Å². The highest BCUT2D eigenvalue weighted by molar-refractivity contribution is 6.30. The van der Waals surface area contributed by atoms with Crippen LogP contribution in [0.5, 0.6) is 0 Å². The van der Waals surface area contributed by atoms with E-state index in [-0.39, 0.29) is 29.9 Å². The van der Waals surface area contributed by atoms with Gasteiger partial charge in [0.25, 0.3) is 0 Å². The van der Waals surface area contributed by atoms with E-state index in [1.807, 2.05) is 34.1 Å². The molecular formula is C19H26ClN3O2. The Hall–Kier alpha value is -1.59. The molecule has 2 aliphatic rings. The molecule has 0 aromatic heterocycles. The fourth-order valence-corrected chi connectivity index (χ4v) is 4.41. The zero-order valence-corrected chi connectivity index (χ0v) is 15.6. The summed E-state index contributed by atoms with van der Waals surface area (Å²) in [5.41, 5.74) is 6.96. The molecule has 6 heteroatoms. The Kier molecular flexibility index (Phi) is 5.35. The van der Waals surface area contributed by atoms with Crippen LogP contribution >= 0.6 is 11.6 Å². The predicted octanol–water partition coefficient (Wildman–Crippen LogP) is 2.73. The number of rotatable bonds is 4. The predicted molar refractivity (Wildman–Crippen MR) is 98.1 cm³/mol. The van der Waals surface area contributed by atoms with Crippen LogP contribution in [0.15, 0.2) is 24.3 Å². The summed E-state index contributed by atoms with van der Waals surface area (Å²) in [6.45, 7) is 4.55. The van der Waals surface area contributed by atoms with Gasteiger partial charge in [0.2, 0.25) is 11.8 Å². The minimum atomic E-state index is -0.566. The van der Waals surface area contributed by atoms with Crippen molar-refractivity contribution in [3.63, 3.8) is 0 Å². The topological polar surface area (TPSA) is 66.6 Å². The SMILES string of the molecule is CC(N)C(=O)N1[C@@H](C(C)N2CCCC2=O)CC[C@H]1c1cccc(Cl)c1. The lowest BCUT2D eigenvalue weighted by molar-refractivity contribution is -0.139. The lowest BCUT2D eigenvalue weighted by atomic mass is 10.0. The molecule has 2 amide bonds. The fraction of sp³-hybridized carbons (Fsp3) is 0.579. The second kappa shape index (κ2) is 7.34. The third kappa shape index (κ3) is 3.53. The van der Waals surface area contributed by atoms with Gasteiger partial charge in [0.05, 0.1) is 18.1 Å². The van der Waals surface area contributed by atoms with Crippen LogP contribution in [0.2, 0.25) is 5.02 Å². The highest BCUT2D eigenvalue weighted by Gasteiger charge is 2.44. The van der Waals surface area contributed by atoms with E-state index in [2.05, 4.69) is 6.92 Å². The largest absolute Gasteiger partial charge is 0.338 e. The Bertz CT molecular complexity index is 664. The van der Waals surface area contributed by atoms with Crippen molar-refractivity contribution in [2.24, 2.45) is 5.73 Å². The molecule has 2 saturated heterocycles. The third-order valence-corrected chi connectivity index (χ3v) is 5.70. The molecule has 25 heavy (non-hydrogen) atoms. The number of carbonyl (C=O) groups excluding carboxylic acids is 2. The van der Waals surface area contributed by atoms with E-state index in [9.17, 15) is 9.59 Å². The molecule has 0 aliphatic carbocycles. The molecule has 1 aromatic rings. The average molecular weight is 364 g/mol. The fourth-order valence-electron chi connectivity index (χ4n) is 4.21. The van der Waals surface area contributed by atoms with E-state index < -0.39 is 6.04 Å². The molecular weight excluding hydrogens is 338 g/mol. The van der Waals surface area contributed by atoms with Crippen molar-refractivity contribution >= 4 is 23.4 Å². The van der Waals surface area contributed by atoms with Gasteiger partial charge >= 0.3 is 0 Å². The van der Waals surface area contributed by atoms with E-state index >= 15 is 0 Å². The summed E-state index contributed by atoms with van der Waals surface area (Å²) in [4.78, 5) is 28.9. The first-order chi connectivity index (χ1) is 11.9. The lowest BCUT2D eigenvalue weighted by Crippen LogP contribution is -2.53. The third-order valence-electron chi connectivity index (χ3n) is 5.46. The number of nitrogens with zero attached hydrogens (tertiary/aromatic N) is 2. The Balaban J connectivity index is 1.90. The molecule has 2 heterocycles. The highest BCUT2D eigenvalue weighted by atomic mass is 35.5. The van der Waals surface area contributed by atoms with Gasteiger partial charge in [-0.2, -0.15) is 0 Å². The molecule has 2 unspecified atom stereocenters. The number of carbonyl (C=O) groups is 2. The van der Waals surface area contributed by atoms with Crippen molar-refractivity contribution in [2.45, 2.75) is 63.7 Å². The van der Waals surface area contributed by atoms with Crippen LogP contribution in [0.1, 0.15) is 51.1 Å². The van der Waals surface area contributed by atoms with E-state index in [4.69, 9.17) is 17.3 Å². The zero-order chi connectivity index (χ0) is 18.1. The molecule has 0 saturated carbocycles. The molecule has 2 fully saturated rings. The molecule has 1 aromatic carbocycles. The van der Waals surface area contributed by atoms with Crippen LogP contribution in [-0.2, 0) is 9.59 Å². The molecule has 136 valence electrons. The summed E-state index contributed by atoms with van der Waals surface area (Å²) in [6.07, 6.45) is 3.22. The van der Waals surface area contributed by atoms with Crippen molar-refractivity contribution in [3.05, 3.63) is 34.9 Å². The van der Waals surface area contributed by atoms with Gasteiger partial charge in [-0.25, -0.2) is 0 Å². The van der Waals surface area contributed by atoms with Gasteiger partial charge in [-0.1, -0.05) is 23.7 Å². The number of amides is 2. The first-order valence-electron chi connectivity index (χ1n) is 9.03. The second-order valence-corrected chi connectivity index (χ2v) is 7.62. The molecule has 5 nitrogen and oxygen atoms in total. The molecule has 4 atom stereocenters. The number of halogens is 1. The number of nitrogens with two attached hydrogens (primary N) is 1. The molecule has 2 N–H and O–H groups in total. The number of benzene rings is 1. The number of hydrogen-bond donors (Lipinski definition) is 1. The second-order valence-electron chi connectivity index (χ2n) is 7.18. The summed E-state index contributed by atoms with van der Waals surface area (Å²) in [5.74, 6) is 0.123. The average Bonchev–Trinajstić information content (AvgIpc) is 3.19. The molecule has 0 radical (unpaired) electrons. The van der Waals surface area contributed by atoms with Crippen LogP contribution in [-0.4, -0.2) is 46.3 Å². The smallest absolute Gasteiger partial charge is 0.240 e. The van der Waals surface area contributed by atoms with Crippen LogP contribution in [0.25, 0.3) is 0 Å². The zero-order valence-electron chi connectivity index (χ0n) is 14.8. The standard InChI is InChI=1S/C19H26ClN3O2/c1-12(21)19(25)23-16(13(2)22-10-4-7-18(22)24)8-9-17(23)14-5-3-6-15(20)11-14/h3,5-6,11-13,16-17H,4,7-10,21H2,1-2H3/t12?,13?,16-,17+/m1/s1. The number of hydrogen-bond acceptors (Lipinski definition) is 3. The van der Waals surface area contributed by atoms with Gasteiger partial charge in [-0.3, -0.25) is 9.59 Å². The van der Waals surface area contributed by atoms with E-state index in [1.54, 1.807) is 6.92 Å². The monoisotopic (exact) mass is 363 g/mol. The van der Waals surface area contributed by atoms with E-state index in [0.717, 1.165) is 31.4 Å². The summed E-state index contributed by atoms with van der Waals surface area (Å²) < 4.78 is 0. The first kappa shape index (κ1) is 18.2. The van der Waals surface area contributed by atoms with Crippen molar-refractivity contribution < 1.29 is 9.59 Å². The van der Waals surface area contributed by atoms with Crippen LogP contribution in [0, 0.1) is 0 Å². The minimum Gasteiger partial charge on any atom is -0.338 e. The van der Waals surface area contributed by atoms with Gasteiger partial charge in [-0.05, 0) is 50.8 Å². The van der Waals surface area contributed by atoms with E-state index in [0.29, 0.717) is 11.4 Å². The van der Waals surface area contributed by atoms with Crippen molar-refractivity contribution in [1.29, 1.82) is 0 Å². The van der Waals surface area contributed by atoms with Gasteiger partial charge < -0.3 is 15.5 Å². The van der Waals surface area contributed by atoms with Crippen LogP contribution < -0.4 is 5.73 Å². The Morgan fingerprint density at radius 1 is 1.32 bits per heavy atom. The van der Waals surface area contributed by atoms with Gasteiger partial charge in [0, 0.05) is 24.0 Å². The summed E-state index contributed by atoms with van der Waals surface area (Å²) >= 11 is 6.15. The summed E-state index contributed by atoms with van der Waals surface area (Å²) in [6, 6.07) is 7.05. The Labute approximate surface area is 154 Å². The lowest BCUT2D eigenvalue weighted by Gasteiger charge is -2.38. The van der Waals surface area contributed by atoms with Crippen molar-refractivity contribution in [2.75, 3.05) is 6.54 Å². The maximum absolute atomic E-state index is 12.9. The summed E-state index contributed by atoms with van der Waals surface area (Å²) in [5, 5.41) is 0.664. The quantitative estimate of drug-likeness (QED) is 0.894. The Morgan fingerprint density at radius 2 is 2.08 bits per heavy atom. The minimum absolute atomic E-state index is 0.00174. The van der Waals surface area contributed by atoms with Crippen molar-refractivity contribution in [1.82, 2.24) is 9.80 Å². The molecule has 3 rings (SSSR count). The van der Waals surface area contributed by atoms with Gasteiger partial charge in [-0.15, -0.1) is 0 Å². The van der Waals surface area contributed by atoms with Crippen LogP contribution in [0.4, 0.5) is 0 Å².